The molecule has 0 amide bonds. The van der Waals surface area contributed by atoms with Crippen molar-refractivity contribution in [2.45, 2.75) is 44.9 Å². The molecule has 12 rings (SSSR count). The van der Waals surface area contributed by atoms with Crippen LogP contribution in [0.25, 0.3) is 33.7 Å². The van der Waals surface area contributed by atoms with Crippen LogP contribution >= 0.6 is 15.9 Å². The highest BCUT2D eigenvalue weighted by Gasteiger charge is 2.36. The molecule has 2 aliphatic rings. The lowest BCUT2D eigenvalue weighted by atomic mass is 9.69. The van der Waals surface area contributed by atoms with E-state index in [4.69, 9.17) is 0 Å². The maximum atomic E-state index is 4.42. The van der Waals surface area contributed by atoms with Crippen molar-refractivity contribution in [3.8, 4) is 11.4 Å². The molecule has 10 aromatic rings. The van der Waals surface area contributed by atoms with Crippen molar-refractivity contribution in [1.29, 1.82) is 0 Å². The van der Waals surface area contributed by atoms with Gasteiger partial charge in [-0.25, -0.2) is 19.9 Å². The number of pyridine rings is 2. The average molecular weight is 885 g/mol. The molecule has 0 atom stereocenters. The lowest BCUT2D eigenvalue weighted by Crippen LogP contribution is -2.30. The molecule has 0 N–H and O–H groups in total. The number of hydrogen-bond acceptors (Lipinski definition) is 5. The number of hydrogen-bond donors (Lipinski definition) is 0. The Bertz CT molecular complexity index is 3140. The van der Waals surface area contributed by atoms with E-state index >= 15 is 0 Å². The van der Waals surface area contributed by atoms with Gasteiger partial charge >= 0.3 is 0 Å². The van der Waals surface area contributed by atoms with Crippen LogP contribution in [0.3, 0.4) is 0 Å². The Balaban J connectivity index is 0.000000124. The molecule has 1 aliphatic carbocycles. The van der Waals surface area contributed by atoms with Crippen LogP contribution < -0.4 is 4.90 Å². The predicted molar refractivity (Wildman–Crippen MR) is 260 cm³/mol. The smallest absolute Gasteiger partial charge is 0.177 e. The first kappa shape index (κ1) is 39.9. The fourth-order valence-corrected chi connectivity index (χ4v) is 9.61. The van der Waals surface area contributed by atoms with Crippen molar-refractivity contribution < 1.29 is 0 Å². The topological polar surface area (TPSA) is 64.7 Å². The molecular formula is C55H46BrN7. The quantitative estimate of drug-likeness (QED) is 0.177. The first-order chi connectivity index (χ1) is 30.7. The van der Waals surface area contributed by atoms with E-state index in [0.717, 1.165) is 50.3 Å². The van der Waals surface area contributed by atoms with Gasteiger partial charge in [-0.1, -0.05) is 129 Å². The van der Waals surface area contributed by atoms with Crippen LogP contribution in [0.2, 0.25) is 0 Å². The molecule has 4 aromatic heterocycles. The summed E-state index contributed by atoms with van der Waals surface area (Å²) in [5.41, 5.74) is 18.0. The molecule has 308 valence electrons. The summed E-state index contributed by atoms with van der Waals surface area (Å²) in [5.74, 6) is 0. The number of para-hydroxylation sites is 2. The summed E-state index contributed by atoms with van der Waals surface area (Å²) in [6.45, 7) is 9.26. The molecule has 0 saturated heterocycles. The average Bonchev–Trinajstić information content (AvgIpc) is 3.96. The number of nitrogens with zero attached hydrogens (tertiary/aromatic N) is 7. The van der Waals surface area contributed by atoms with E-state index in [1.807, 2.05) is 59.4 Å². The number of benzene rings is 6. The number of imidazole rings is 2. The van der Waals surface area contributed by atoms with Crippen molar-refractivity contribution in [1.82, 2.24) is 29.1 Å². The standard InChI is InChI=1S/C27H22N4.C16H16.C12H8BrN3/c1-27(2)21-8-3-5-10-23(21)31(24-11-6-4-9-22(24)27)20-15-13-19(14-16-20)30-18-29-26-25(30)12-7-17-28-26;1-16(2)14-9-5-3-7-12(14)11-13-8-4-6-10-15(13)16;13-9-3-5-10(6-4-9)16-8-15-12-11(16)2-1-7-14-12/h3-18H,1-2H3;3-10H,11H2,1-2H3;1-8H. The van der Waals surface area contributed by atoms with Gasteiger partial charge in [0.1, 0.15) is 12.7 Å². The predicted octanol–water partition coefficient (Wildman–Crippen LogP) is 13.6. The normalized spacial score (nSPS) is 14.0. The third-order valence-electron chi connectivity index (χ3n) is 12.5. The highest BCUT2D eigenvalue weighted by molar-refractivity contribution is 9.10. The first-order valence-electron chi connectivity index (χ1n) is 21.3. The number of anilines is 3. The van der Waals surface area contributed by atoms with E-state index in [2.05, 4.69) is 194 Å². The van der Waals surface area contributed by atoms with Gasteiger partial charge in [-0.15, -0.1) is 0 Å². The highest BCUT2D eigenvalue weighted by Crippen LogP contribution is 2.51. The van der Waals surface area contributed by atoms with E-state index in [1.54, 1.807) is 18.7 Å². The zero-order valence-electron chi connectivity index (χ0n) is 35.7. The van der Waals surface area contributed by atoms with Gasteiger partial charge in [-0.05, 0) is 125 Å². The van der Waals surface area contributed by atoms with Crippen molar-refractivity contribution >= 4 is 55.3 Å². The van der Waals surface area contributed by atoms with Gasteiger partial charge in [0.05, 0.1) is 22.4 Å². The van der Waals surface area contributed by atoms with Crippen LogP contribution in [0.15, 0.2) is 199 Å². The fourth-order valence-electron chi connectivity index (χ4n) is 9.34. The van der Waals surface area contributed by atoms with E-state index in [-0.39, 0.29) is 10.8 Å². The molecule has 5 heterocycles. The Hall–Kier alpha value is -7.16. The molecule has 0 radical (unpaired) electrons. The van der Waals surface area contributed by atoms with Gasteiger partial charge in [-0.2, -0.15) is 0 Å². The molecule has 0 spiro atoms. The van der Waals surface area contributed by atoms with Crippen molar-refractivity contribution in [3.63, 3.8) is 0 Å². The van der Waals surface area contributed by atoms with Crippen LogP contribution in [-0.2, 0) is 17.3 Å². The summed E-state index contributed by atoms with van der Waals surface area (Å²) in [6, 6.07) is 59.7. The first-order valence-corrected chi connectivity index (χ1v) is 22.1. The summed E-state index contributed by atoms with van der Waals surface area (Å²) in [5, 5.41) is 0. The maximum absolute atomic E-state index is 4.42. The van der Waals surface area contributed by atoms with Gasteiger partial charge in [0.2, 0.25) is 0 Å². The molecular weight excluding hydrogens is 839 g/mol. The Morgan fingerprint density at radius 2 is 0.810 bits per heavy atom. The Labute approximate surface area is 376 Å². The minimum absolute atomic E-state index is 0.0493. The summed E-state index contributed by atoms with van der Waals surface area (Å²) < 4.78 is 5.17. The molecule has 0 unspecified atom stereocenters. The molecule has 1 aliphatic heterocycles. The molecule has 0 saturated carbocycles. The minimum Gasteiger partial charge on any atom is -0.310 e. The fraction of sp³-hybridized carbons (Fsp3) is 0.127. The molecule has 0 bridgehead atoms. The van der Waals surface area contributed by atoms with E-state index in [0.29, 0.717) is 0 Å². The van der Waals surface area contributed by atoms with E-state index in [9.17, 15) is 0 Å². The van der Waals surface area contributed by atoms with Crippen LogP contribution in [-0.4, -0.2) is 29.1 Å². The number of halogens is 1. The lowest BCUT2D eigenvalue weighted by Gasteiger charge is -2.42. The van der Waals surface area contributed by atoms with Gasteiger partial charge in [-0.3, -0.25) is 9.13 Å². The Morgan fingerprint density at radius 1 is 0.413 bits per heavy atom. The van der Waals surface area contributed by atoms with Crippen LogP contribution in [0.5, 0.6) is 0 Å². The molecule has 63 heavy (non-hydrogen) atoms. The molecule has 6 aromatic carbocycles. The van der Waals surface area contributed by atoms with Gasteiger partial charge in [0.15, 0.2) is 11.3 Å². The number of fused-ring (bicyclic) bond motifs is 6. The SMILES string of the molecule is Brc1ccc(-n2cnc3ncccc32)cc1.CC1(C)c2ccccc2Cc2ccccc21.CC1(C)c2ccccc2N(c2ccc(-n3cnc4ncccc43)cc2)c2ccccc21. The monoisotopic (exact) mass is 883 g/mol. The highest BCUT2D eigenvalue weighted by atomic mass is 79.9. The summed E-state index contributed by atoms with van der Waals surface area (Å²) in [7, 11) is 0. The van der Waals surface area contributed by atoms with Crippen molar-refractivity contribution in [3.05, 3.63) is 233 Å². The zero-order valence-corrected chi connectivity index (χ0v) is 37.3. The van der Waals surface area contributed by atoms with Crippen LogP contribution in [0, 0.1) is 0 Å². The largest absolute Gasteiger partial charge is 0.310 e. The number of rotatable bonds is 3. The van der Waals surface area contributed by atoms with Gasteiger partial charge < -0.3 is 4.90 Å². The second kappa shape index (κ2) is 16.3. The van der Waals surface area contributed by atoms with E-state index in [1.165, 1.54) is 44.8 Å². The Morgan fingerprint density at radius 3 is 1.30 bits per heavy atom. The summed E-state index contributed by atoms with van der Waals surface area (Å²) >= 11 is 3.42. The van der Waals surface area contributed by atoms with Gasteiger partial charge in [0.25, 0.3) is 0 Å². The lowest BCUT2D eigenvalue weighted by molar-refractivity contribution is 0.610. The second-order valence-corrected chi connectivity index (χ2v) is 17.9. The van der Waals surface area contributed by atoms with Crippen molar-refractivity contribution in [2.24, 2.45) is 0 Å². The van der Waals surface area contributed by atoms with Crippen molar-refractivity contribution in [2.75, 3.05) is 4.90 Å². The van der Waals surface area contributed by atoms with Crippen LogP contribution in [0.4, 0.5) is 17.1 Å². The zero-order chi connectivity index (χ0) is 43.1. The number of aromatic nitrogens is 6. The Kier molecular flexibility index (Phi) is 10.3. The minimum atomic E-state index is -0.0493. The van der Waals surface area contributed by atoms with Gasteiger partial charge in [0, 0.05) is 44.8 Å². The third-order valence-corrected chi connectivity index (χ3v) is 13.1. The van der Waals surface area contributed by atoms with E-state index < -0.39 is 0 Å². The molecule has 7 nitrogen and oxygen atoms in total. The molecule has 8 heteroatoms. The van der Waals surface area contributed by atoms with Crippen LogP contribution in [0.1, 0.15) is 61.1 Å². The summed E-state index contributed by atoms with van der Waals surface area (Å²) in [4.78, 5) is 19.6. The summed E-state index contributed by atoms with van der Waals surface area (Å²) in [6.07, 6.45) is 8.23. The molecule has 0 fully saturated rings. The maximum Gasteiger partial charge on any atom is 0.177 e. The second-order valence-electron chi connectivity index (χ2n) is 17.0. The third kappa shape index (κ3) is 7.30.